The Labute approximate surface area is 115 Å². The number of carbonyl (C=O) groups is 1. The Balaban J connectivity index is 1.84. The van der Waals surface area contributed by atoms with Crippen LogP contribution in [0.15, 0.2) is 22.8 Å². The quantitative estimate of drug-likeness (QED) is 0.838. The lowest BCUT2D eigenvalue weighted by Crippen LogP contribution is -2.50. The van der Waals surface area contributed by atoms with E-state index in [1.165, 1.54) is 6.42 Å². The molecule has 0 N–H and O–H groups in total. The summed E-state index contributed by atoms with van der Waals surface area (Å²) in [6.45, 7) is 11.4. The molecule has 1 aromatic rings. The Kier molecular flexibility index (Phi) is 4.30. The SMILES string of the molecule is CCC(C)(C)CN1CCN(C(=O)c2ccco2)CC1. The number of amides is 1. The van der Waals surface area contributed by atoms with Gasteiger partial charge in [-0.05, 0) is 24.0 Å². The lowest BCUT2D eigenvalue weighted by molar-refractivity contribution is 0.0550. The minimum absolute atomic E-state index is 0.0133. The predicted octanol–water partition coefficient (Wildman–Crippen LogP) is 2.47. The third-order valence-corrected chi connectivity index (χ3v) is 4.00. The van der Waals surface area contributed by atoms with Crippen LogP contribution in [0.3, 0.4) is 0 Å². The van der Waals surface area contributed by atoms with Crippen LogP contribution in [0.4, 0.5) is 0 Å². The molecule has 1 amide bonds. The lowest BCUT2D eigenvalue weighted by atomic mass is 9.89. The topological polar surface area (TPSA) is 36.7 Å². The fourth-order valence-electron chi connectivity index (χ4n) is 2.38. The van der Waals surface area contributed by atoms with E-state index in [0.29, 0.717) is 11.2 Å². The summed E-state index contributed by atoms with van der Waals surface area (Å²) in [6, 6.07) is 3.49. The molecule has 0 unspecified atom stereocenters. The Morgan fingerprint density at radius 2 is 2.00 bits per heavy atom. The van der Waals surface area contributed by atoms with Crippen LogP contribution in [0.2, 0.25) is 0 Å². The van der Waals surface area contributed by atoms with Gasteiger partial charge in [0.05, 0.1) is 6.26 Å². The van der Waals surface area contributed by atoms with E-state index in [1.807, 2.05) is 4.90 Å². The molecule has 106 valence electrons. The van der Waals surface area contributed by atoms with Crippen molar-refractivity contribution in [2.75, 3.05) is 32.7 Å². The molecule has 1 aromatic heterocycles. The molecule has 0 atom stereocenters. The summed E-state index contributed by atoms with van der Waals surface area (Å²) in [7, 11) is 0. The number of carbonyl (C=O) groups excluding carboxylic acids is 1. The van der Waals surface area contributed by atoms with Crippen molar-refractivity contribution < 1.29 is 9.21 Å². The standard InChI is InChI=1S/C15H24N2O2/c1-4-15(2,3)12-16-7-9-17(10-8-16)14(18)13-6-5-11-19-13/h5-6,11H,4,7-10,12H2,1-3H3. The van der Waals surface area contributed by atoms with Gasteiger partial charge in [0.15, 0.2) is 5.76 Å². The van der Waals surface area contributed by atoms with Crippen molar-refractivity contribution in [1.29, 1.82) is 0 Å². The van der Waals surface area contributed by atoms with E-state index in [9.17, 15) is 4.79 Å². The molecule has 4 nitrogen and oxygen atoms in total. The zero-order valence-corrected chi connectivity index (χ0v) is 12.2. The average Bonchev–Trinajstić information content (AvgIpc) is 2.92. The van der Waals surface area contributed by atoms with Gasteiger partial charge in [-0.1, -0.05) is 20.8 Å². The van der Waals surface area contributed by atoms with Gasteiger partial charge in [0.25, 0.3) is 5.91 Å². The largest absolute Gasteiger partial charge is 0.459 e. The van der Waals surface area contributed by atoms with Crippen molar-refractivity contribution in [3.8, 4) is 0 Å². The smallest absolute Gasteiger partial charge is 0.289 e. The Morgan fingerprint density at radius 1 is 1.32 bits per heavy atom. The average molecular weight is 264 g/mol. The molecule has 1 aliphatic rings. The normalized spacial score (nSPS) is 17.7. The predicted molar refractivity (Wildman–Crippen MR) is 75.1 cm³/mol. The summed E-state index contributed by atoms with van der Waals surface area (Å²) in [5.74, 6) is 0.460. The molecule has 4 heteroatoms. The van der Waals surface area contributed by atoms with Crippen molar-refractivity contribution >= 4 is 5.91 Å². The highest BCUT2D eigenvalue weighted by atomic mass is 16.3. The van der Waals surface area contributed by atoms with Crippen LogP contribution in [-0.2, 0) is 0 Å². The second-order valence-electron chi connectivity index (χ2n) is 6.06. The van der Waals surface area contributed by atoms with Gasteiger partial charge < -0.3 is 9.32 Å². The van der Waals surface area contributed by atoms with Crippen molar-refractivity contribution in [3.63, 3.8) is 0 Å². The summed E-state index contributed by atoms with van der Waals surface area (Å²) in [6.07, 6.45) is 2.73. The zero-order chi connectivity index (χ0) is 13.9. The first-order chi connectivity index (χ1) is 9.02. The molecule has 0 saturated carbocycles. The van der Waals surface area contributed by atoms with Gasteiger partial charge in [-0.2, -0.15) is 0 Å². The van der Waals surface area contributed by atoms with Crippen molar-refractivity contribution in [1.82, 2.24) is 9.80 Å². The first-order valence-electron chi connectivity index (χ1n) is 7.07. The van der Waals surface area contributed by atoms with E-state index < -0.39 is 0 Å². The van der Waals surface area contributed by atoms with Gasteiger partial charge in [-0.3, -0.25) is 9.69 Å². The molecule has 2 heterocycles. The maximum atomic E-state index is 12.1. The summed E-state index contributed by atoms with van der Waals surface area (Å²) in [4.78, 5) is 16.5. The minimum Gasteiger partial charge on any atom is -0.459 e. The van der Waals surface area contributed by atoms with E-state index in [-0.39, 0.29) is 5.91 Å². The number of hydrogen-bond acceptors (Lipinski definition) is 3. The maximum Gasteiger partial charge on any atom is 0.289 e. The zero-order valence-electron chi connectivity index (χ0n) is 12.2. The second kappa shape index (κ2) is 5.78. The van der Waals surface area contributed by atoms with Gasteiger partial charge in [-0.15, -0.1) is 0 Å². The maximum absolute atomic E-state index is 12.1. The number of piperazine rings is 1. The summed E-state index contributed by atoms with van der Waals surface area (Å²) < 4.78 is 5.17. The van der Waals surface area contributed by atoms with E-state index in [4.69, 9.17) is 4.42 Å². The van der Waals surface area contributed by atoms with Crippen molar-refractivity contribution in [3.05, 3.63) is 24.2 Å². The lowest BCUT2D eigenvalue weighted by Gasteiger charge is -2.38. The van der Waals surface area contributed by atoms with E-state index in [2.05, 4.69) is 25.7 Å². The second-order valence-corrected chi connectivity index (χ2v) is 6.06. The summed E-state index contributed by atoms with van der Waals surface area (Å²) in [5, 5.41) is 0. The highest BCUT2D eigenvalue weighted by Gasteiger charge is 2.26. The van der Waals surface area contributed by atoms with Crippen molar-refractivity contribution in [2.24, 2.45) is 5.41 Å². The first-order valence-corrected chi connectivity index (χ1v) is 7.07. The number of nitrogens with zero attached hydrogens (tertiary/aromatic N) is 2. The van der Waals surface area contributed by atoms with Gasteiger partial charge in [0.1, 0.15) is 0 Å². The molecule has 0 bridgehead atoms. The third-order valence-electron chi connectivity index (χ3n) is 4.00. The minimum atomic E-state index is 0.0133. The molecule has 0 aromatic carbocycles. The fraction of sp³-hybridized carbons (Fsp3) is 0.667. The molecule has 0 radical (unpaired) electrons. The molecule has 2 rings (SSSR count). The van der Waals surface area contributed by atoms with Gasteiger partial charge in [0.2, 0.25) is 0 Å². The molecule has 1 fully saturated rings. The van der Waals surface area contributed by atoms with Crippen LogP contribution >= 0.6 is 0 Å². The molecule has 0 aliphatic carbocycles. The number of furan rings is 1. The highest BCUT2D eigenvalue weighted by Crippen LogP contribution is 2.22. The van der Waals surface area contributed by atoms with Gasteiger partial charge in [-0.25, -0.2) is 0 Å². The van der Waals surface area contributed by atoms with Crippen LogP contribution in [0.1, 0.15) is 37.7 Å². The van der Waals surface area contributed by atoms with E-state index in [0.717, 1.165) is 32.7 Å². The monoisotopic (exact) mass is 264 g/mol. The van der Waals surface area contributed by atoms with Crippen LogP contribution in [0.25, 0.3) is 0 Å². The van der Waals surface area contributed by atoms with Crippen LogP contribution in [0.5, 0.6) is 0 Å². The number of rotatable bonds is 4. The highest BCUT2D eigenvalue weighted by molar-refractivity contribution is 5.91. The molecular weight excluding hydrogens is 240 g/mol. The van der Waals surface area contributed by atoms with Crippen LogP contribution < -0.4 is 0 Å². The molecule has 1 aliphatic heterocycles. The molecule has 0 spiro atoms. The van der Waals surface area contributed by atoms with Crippen LogP contribution in [0, 0.1) is 5.41 Å². The van der Waals surface area contributed by atoms with Gasteiger partial charge >= 0.3 is 0 Å². The van der Waals surface area contributed by atoms with Crippen LogP contribution in [-0.4, -0.2) is 48.4 Å². The molecular formula is C15H24N2O2. The van der Waals surface area contributed by atoms with Gasteiger partial charge in [0, 0.05) is 32.7 Å². The first kappa shape index (κ1) is 14.1. The molecule has 1 saturated heterocycles. The Hall–Kier alpha value is -1.29. The Bertz CT molecular complexity index is 404. The molecule has 19 heavy (non-hydrogen) atoms. The Morgan fingerprint density at radius 3 is 2.53 bits per heavy atom. The third kappa shape index (κ3) is 3.60. The summed E-state index contributed by atoms with van der Waals surface area (Å²) >= 11 is 0. The fourth-order valence-corrected chi connectivity index (χ4v) is 2.38. The number of hydrogen-bond donors (Lipinski definition) is 0. The van der Waals surface area contributed by atoms with Crippen molar-refractivity contribution in [2.45, 2.75) is 27.2 Å². The summed E-state index contributed by atoms with van der Waals surface area (Å²) in [5.41, 5.74) is 0.354. The van der Waals surface area contributed by atoms with E-state index >= 15 is 0 Å². The van der Waals surface area contributed by atoms with E-state index in [1.54, 1.807) is 18.4 Å².